The van der Waals surface area contributed by atoms with Crippen molar-refractivity contribution >= 4 is 35.9 Å². The fraction of sp³-hybridized carbons (Fsp3) is 0.206. The van der Waals surface area contributed by atoms with Crippen molar-refractivity contribution in [2.45, 2.75) is 19.3 Å². The molecule has 9 nitrogen and oxygen atoms in total. The summed E-state index contributed by atoms with van der Waals surface area (Å²) in [6.07, 6.45) is 11.2. The molecule has 0 aliphatic heterocycles. The first-order valence-electron chi connectivity index (χ1n) is 14.0. The number of unbranched alkanes of at least 4 members (excludes halogenated alkanes) is 1. The third kappa shape index (κ3) is 12.8. The standard InChI is InChI=1S/C34H37N3O6/c38-29-13-4-26(5-14-29)10-19-32(41)35-22-1-2-24-37(34(43)21-12-28-8-17-31(40)18-9-28)25-3-23-36-33(42)20-11-27-6-15-30(39)16-7-27/h4-21,38-40H,1-3,22-25H2,(H,35,41)(H,36,42)/b19-10+,20-11-,21-12-. The first kappa shape index (κ1) is 32.2. The monoisotopic (exact) mass is 583 g/mol. The summed E-state index contributed by atoms with van der Waals surface area (Å²) in [5, 5.41) is 33.8. The molecule has 5 N–H and O–H groups in total. The molecule has 0 aliphatic carbocycles. The summed E-state index contributed by atoms with van der Waals surface area (Å²) in [6, 6.07) is 19.5. The largest absolute Gasteiger partial charge is 0.508 e. The average molecular weight is 584 g/mol. The van der Waals surface area contributed by atoms with Crippen LogP contribution in [0.15, 0.2) is 91.0 Å². The number of benzene rings is 3. The quantitative estimate of drug-likeness (QED) is 0.132. The molecule has 0 aliphatic rings. The van der Waals surface area contributed by atoms with Crippen LogP contribution in [0.4, 0.5) is 0 Å². The predicted molar refractivity (Wildman–Crippen MR) is 168 cm³/mol. The molecule has 3 rings (SSSR count). The molecule has 3 amide bonds. The number of hydrogen-bond acceptors (Lipinski definition) is 6. The molecular formula is C34H37N3O6. The number of nitrogens with zero attached hydrogens (tertiary/aromatic N) is 1. The van der Waals surface area contributed by atoms with Crippen LogP contribution in [0.3, 0.4) is 0 Å². The Morgan fingerprint density at radius 2 is 0.907 bits per heavy atom. The zero-order valence-corrected chi connectivity index (χ0v) is 23.9. The van der Waals surface area contributed by atoms with Crippen molar-refractivity contribution in [3.63, 3.8) is 0 Å². The summed E-state index contributed by atoms with van der Waals surface area (Å²) in [7, 11) is 0. The van der Waals surface area contributed by atoms with Crippen LogP contribution in [0.25, 0.3) is 18.2 Å². The van der Waals surface area contributed by atoms with Crippen LogP contribution in [0.1, 0.15) is 36.0 Å². The first-order valence-corrected chi connectivity index (χ1v) is 14.0. The number of phenols is 3. The minimum Gasteiger partial charge on any atom is -0.508 e. The van der Waals surface area contributed by atoms with Crippen LogP contribution in [0.5, 0.6) is 17.2 Å². The molecule has 224 valence electrons. The Hall–Kier alpha value is -5.31. The topological polar surface area (TPSA) is 139 Å². The molecule has 0 saturated heterocycles. The lowest BCUT2D eigenvalue weighted by Crippen LogP contribution is -2.34. The minimum atomic E-state index is -0.256. The maximum Gasteiger partial charge on any atom is 0.246 e. The molecule has 0 saturated carbocycles. The Morgan fingerprint density at radius 3 is 1.35 bits per heavy atom. The molecule has 0 heterocycles. The van der Waals surface area contributed by atoms with Crippen molar-refractivity contribution < 1.29 is 29.7 Å². The second-order valence-corrected chi connectivity index (χ2v) is 9.74. The normalized spacial score (nSPS) is 11.3. The molecule has 43 heavy (non-hydrogen) atoms. The highest BCUT2D eigenvalue weighted by Crippen LogP contribution is 2.13. The number of aromatic hydroxyl groups is 3. The summed E-state index contributed by atoms with van der Waals surface area (Å²) < 4.78 is 0. The second kappa shape index (κ2) is 17.5. The van der Waals surface area contributed by atoms with E-state index < -0.39 is 0 Å². The lowest BCUT2D eigenvalue weighted by Gasteiger charge is -2.21. The molecule has 9 heteroatoms. The fourth-order valence-electron chi connectivity index (χ4n) is 3.94. The van der Waals surface area contributed by atoms with Crippen molar-refractivity contribution in [3.8, 4) is 17.2 Å². The lowest BCUT2D eigenvalue weighted by molar-refractivity contribution is -0.126. The van der Waals surface area contributed by atoms with Gasteiger partial charge < -0.3 is 30.9 Å². The molecule has 0 aromatic heterocycles. The van der Waals surface area contributed by atoms with Gasteiger partial charge in [-0.1, -0.05) is 36.4 Å². The van der Waals surface area contributed by atoms with Crippen molar-refractivity contribution in [1.29, 1.82) is 0 Å². The first-order chi connectivity index (χ1) is 20.8. The predicted octanol–water partition coefficient (Wildman–Crippen LogP) is 4.47. The van der Waals surface area contributed by atoms with E-state index in [2.05, 4.69) is 10.6 Å². The van der Waals surface area contributed by atoms with E-state index in [-0.39, 0.29) is 35.0 Å². The van der Waals surface area contributed by atoms with E-state index in [0.717, 1.165) is 16.7 Å². The van der Waals surface area contributed by atoms with E-state index >= 15 is 0 Å². The Bertz CT molecular complexity index is 1410. The van der Waals surface area contributed by atoms with Gasteiger partial charge >= 0.3 is 0 Å². The van der Waals surface area contributed by atoms with Gasteiger partial charge in [0.15, 0.2) is 0 Å². The lowest BCUT2D eigenvalue weighted by atomic mass is 10.2. The van der Waals surface area contributed by atoms with E-state index in [1.54, 1.807) is 95.9 Å². The zero-order chi connectivity index (χ0) is 30.9. The van der Waals surface area contributed by atoms with Gasteiger partial charge in [0.25, 0.3) is 0 Å². The maximum absolute atomic E-state index is 13.0. The number of amides is 3. The van der Waals surface area contributed by atoms with Gasteiger partial charge in [0.2, 0.25) is 17.7 Å². The summed E-state index contributed by atoms with van der Waals surface area (Å²) in [6.45, 7) is 1.75. The second-order valence-electron chi connectivity index (χ2n) is 9.74. The van der Waals surface area contributed by atoms with Crippen molar-refractivity contribution in [1.82, 2.24) is 15.5 Å². The molecule has 0 unspecified atom stereocenters. The molecule has 0 radical (unpaired) electrons. The molecule has 3 aromatic rings. The highest BCUT2D eigenvalue weighted by atomic mass is 16.3. The number of carbonyl (C=O) groups is 3. The van der Waals surface area contributed by atoms with Gasteiger partial charge in [0.05, 0.1) is 0 Å². The average Bonchev–Trinajstić information content (AvgIpc) is 3.01. The van der Waals surface area contributed by atoms with Gasteiger partial charge in [-0.15, -0.1) is 0 Å². The molecule has 0 fully saturated rings. The van der Waals surface area contributed by atoms with Crippen LogP contribution in [0.2, 0.25) is 0 Å². The Morgan fingerprint density at radius 1 is 0.535 bits per heavy atom. The maximum atomic E-state index is 13.0. The van der Waals surface area contributed by atoms with Gasteiger partial charge in [-0.25, -0.2) is 0 Å². The van der Waals surface area contributed by atoms with Crippen molar-refractivity contribution in [2.24, 2.45) is 0 Å². The number of nitrogens with one attached hydrogen (secondary N) is 2. The number of phenolic OH excluding ortho intramolecular Hbond substituents is 3. The minimum absolute atomic E-state index is 0.146. The molecule has 0 spiro atoms. The summed E-state index contributed by atoms with van der Waals surface area (Å²) in [5.74, 6) is -0.196. The number of rotatable bonds is 15. The highest BCUT2D eigenvalue weighted by Gasteiger charge is 2.11. The molecule has 0 atom stereocenters. The SMILES string of the molecule is O=C(/C=C\c1ccc(O)cc1)NCCCN(CCCCNC(=O)/C=C/c1ccc(O)cc1)C(=O)/C=C\c1ccc(O)cc1. The van der Waals surface area contributed by atoms with E-state index in [1.165, 1.54) is 18.2 Å². The Balaban J connectivity index is 1.45. The van der Waals surface area contributed by atoms with Crippen molar-refractivity contribution in [3.05, 3.63) is 108 Å². The summed E-state index contributed by atoms with van der Waals surface area (Å²) in [4.78, 5) is 39.0. The number of carbonyl (C=O) groups excluding carboxylic acids is 3. The van der Waals surface area contributed by atoms with Crippen LogP contribution >= 0.6 is 0 Å². The fourth-order valence-corrected chi connectivity index (χ4v) is 3.94. The van der Waals surface area contributed by atoms with Gasteiger partial charge in [0.1, 0.15) is 17.2 Å². The van der Waals surface area contributed by atoms with Gasteiger partial charge in [0, 0.05) is 44.4 Å². The third-order valence-electron chi connectivity index (χ3n) is 6.32. The number of hydrogen-bond donors (Lipinski definition) is 5. The molecule has 3 aromatic carbocycles. The van der Waals surface area contributed by atoms with Crippen LogP contribution in [-0.4, -0.2) is 64.1 Å². The van der Waals surface area contributed by atoms with Crippen molar-refractivity contribution in [2.75, 3.05) is 26.2 Å². The Kier molecular flexibility index (Phi) is 13.1. The zero-order valence-electron chi connectivity index (χ0n) is 23.9. The Labute approximate surface area is 251 Å². The van der Waals surface area contributed by atoms with E-state index in [9.17, 15) is 29.7 Å². The van der Waals surface area contributed by atoms with E-state index in [1.807, 2.05) is 0 Å². The van der Waals surface area contributed by atoms with E-state index in [0.29, 0.717) is 45.4 Å². The van der Waals surface area contributed by atoms with Crippen LogP contribution in [0, 0.1) is 0 Å². The molecular weight excluding hydrogens is 546 g/mol. The summed E-state index contributed by atoms with van der Waals surface area (Å²) >= 11 is 0. The van der Waals surface area contributed by atoms with Crippen LogP contribution in [-0.2, 0) is 14.4 Å². The van der Waals surface area contributed by atoms with Gasteiger partial charge in [-0.3, -0.25) is 14.4 Å². The molecule has 0 bridgehead atoms. The third-order valence-corrected chi connectivity index (χ3v) is 6.32. The smallest absolute Gasteiger partial charge is 0.246 e. The highest BCUT2D eigenvalue weighted by molar-refractivity contribution is 5.93. The van der Waals surface area contributed by atoms with Crippen LogP contribution < -0.4 is 10.6 Å². The van der Waals surface area contributed by atoms with E-state index in [4.69, 9.17) is 0 Å². The van der Waals surface area contributed by atoms with Gasteiger partial charge in [-0.2, -0.15) is 0 Å². The van der Waals surface area contributed by atoms with Gasteiger partial charge in [-0.05, 0) is 90.6 Å². The summed E-state index contributed by atoms with van der Waals surface area (Å²) in [5.41, 5.74) is 2.36.